The van der Waals surface area contributed by atoms with Gasteiger partial charge >= 0.3 is 6.18 Å². The van der Waals surface area contributed by atoms with E-state index in [9.17, 15) is 18.0 Å². The van der Waals surface area contributed by atoms with Crippen molar-refractivity contribution in [3.63, 3.8) is 0 Å². The monoisotopic (exact) mass is 376 g/mol. The molecule has 2 N–H and O–H groups in total. The number of pyridine rings is 1. The molecule has 2 unspecified atom stereocenters. The van der Waals surface area contributed by atoms with Gasteiger partial charge in [0, 0.05) is 44.3 Å². The predicted octanol–water partition coefficient (Wildman–Crippen LogP) is 2.91. The molecule has 1 aromatic rings. The number of aromatic nitrogens is 1. The van der Waals surface area contributed by atoms with E-state index in [4.69, 9.17) is 11.6 Å². The van der Waals surface area contributed by atoms with Crippen molar-refractivity contribution in [2.45, 2.75) is 43.9 Å². The first-order chi connectivity index (χ1) is 11.8. The fourth-order valence-electron chi connectivity index (χ4n) is 3.34. The molecule has 3 heterocycles. The third-order valence-electron chi connectivity index (χ3n) is 4.68. The van der Waals surface area contributed by atoms with Gasteiger partial charge in [0.1, 0.15) is 5.82 Å². The summed E-state index contributed by atoms with van der Waals surface area (Å²) in [5, 5.41) is 6.24. The number of alkyl halides is 3. The van der Waals surface area contributed by atoms with Crippen LogP contribution in [0.15, 0.2) is 12.3 Å². The molecule has 25 heavy (non-hydrogen) atoms. The minimum atomic E-state index is -4.48. The normalized spacial score (nSPS) is 23.4. The lowest BCUT2D eigenvalue weighted by Crippen LogP contribution is -2.39. The Bertz CT molecular complexity index is 640. The average molecular weight is 377 g/mol. The number of fused-ring (bicyclic) bond motifs is 2. The van der Waals surface area contributed by atoms with Crippen LogP contribution < -0.4 is 10.6 Å². The first kappa shape index (κ1) is 18.3. The summed E-state index contributed by atoms with van der Waals surface area (Å²) in [6.07, 6.45) is -0.277. The van der Waals surface area contributed by atoms with Crippen molar-refractivity contribution in [1.82, 2.24) is 15.2 Å². The van der Waals surface area contributed by atoms with Crippen molar-refractivity contribution < 1.29 is 18.0 Å². The summed E-state index contributed by atoms with van der Waals surface area (Å²) in [4.78, 5) is 17.9. The average Bonchev–Trinajstić information content (AvgIpc) is 2.86. The lowest BCUT2D eigenvalue weighted by Gasteiger charge is -2.24. The Hall–Kier alpha value is -1.54. The van der Waals surface area contributed by atoms with Crippen molar-refractivity contribution in [3.05, 3.63) is 22.8 Å². The number of anilines is 1. The highest BCUT2D eigenvalue weighted by Gasteiger charge is 2.32. The fourth-order valence-corrected chi connectivity index (χ4v) is 3.57. The van der Waals surface area contributed by atoms with Gasteiger partial charge < -0.3 is 15.5 Å². The van der Waals surface area contributed by atoms with Gasteiger partial charge in [-0.3, -0.25) is 4.79 Å². The van der Waals surface area contributed by atoms with Gasteiger partial charge in [-0.05, 0) is 25.3 Å². The summed E-state index contributed by atoms with van der Waals surface area (Å²) in [5.41, 5.74) is -0.897. The number of rotatable bonds is 4. The van der Waals surface area contributed by atoms with Gasteiger partial charge in [-0.15, -0.1) is 0 Å². The Labute approximate surface area is 148 Å². The first-order valence-corrected chi connectivity index (χ1v) is 8.71. The van der Waals surface area contributed by atoms with E-state index in [0.717, 1.165) is 31.6 Å². The van der Waals surface area contributed by atoms with Crippen LogP contribution in [-0.2, 0) is 11.0 Å². The zero-order valence-corrected chi connectivity index (χ0v) is 14.3. The molecule has 0 saturated carbocycles. The maximum Gasteiger partial charge on any atom is 0.417 e. The van der Waals surface area contributed by atoms with Gasteiger partial charge in [0.2, 0.25) is 5.91 Å². The number of halogens is 4. The molecule has 5 nitrogen and oxygen atoms in total. The predicted molar refractivity (Wildman–Crippen MR) is 88.5 cm³/mol. The molecule has 138 valence electrons. The second-order valence-electron chi connectivity index (χ2n) is 6.50. The minimum absolute atomic E-state index is 0.0323. The number of likely N-dealkylation sites (tertiary alicyclic amines) is 1. The van der Waals surface area contributed by atoms with Crippen molar-refractivity contribution >= 4 is 23.3 Å². The Morgan fingerprint density at radius 2 is 2.12 bits per heavy atom. The molecule has 9 heteroatoms. The number of hydrogen-bond acceptors (Lipinski definition) is 4. The van der Waals surface area contributed by atoms with Crippen molar-refractivity contribution in [2.24, 2.45) is 0 Å². The molecule has 2 saturated heterocycles. The molecule has 2 bridgehead atoms. The molecule has 2 aliphatic rings. The summed E-state index contributed by atoms with van der Waals surface area (Å²) < 4.78 is 37.8. The lowest BCUT2D eigenvalue weighted by atomic mass is 10.1. The maximum absolute atomic E-state index is 12.6. The third-order valence-corrected chi connectivity index (χ3v) is 4.96. The highest BCUT2D eigenvalue weighted by molar-refractivity contribution is 6.32. The zero-order chi connectivity index (χ0) is 18.0. The second-order valence-corrected chi connectivity index (χ2v) is 6.90. The zero-order valence-electron chi connectivity index (χ0n) is 13.6. The molecule has 0 aliphatic carbocycles. The smallest absolute Gasteiger partial charge is 0.368 e. The molecule has 1 aromatic heterocycles. The number of amides is 1. The Morgan fingerprint density at radius 1 is 1.36 bits per heavy atom. The van der Waals surface area contributed by atoms with E-state index in [1.54, 1.807) is 0 Å². The molecule has 3 rings (SSSR count). The number of nitrogens with one attached hydrogen (secondary N) is 2. The van der Waals surface area contributed by atoms with Crippen LogP contribution in [0.2, 0.25) is 5.02 Å². The van der Waals surface area contributed by atoms with E-state index in [1.165, 1.54) is 6.42 Å². The van der Waals surface area contributed by atoms with E-state index >= 15 is 0 Å². The highest BCUT2D eigenvalue weighted by Crippen LogP contribution is 2.32. The van der Waals surface area contributed by atoms with Gasteiger partial charge in [0.25, 0.3) is 0 Å². The summed E-state index contributed by atoms with van der Waals surface area (Å²) >= 11 is 5.84. The number of carbonyl (C=O) groups excluding carboxylic acids is 1. The van der Waals surface area contributed by atoms with Gasteiger partial charge in [-0.1, -0.05) is 11.6 Å². The SMILES string of the molecule is O=C(CCNc1ncc(C(F)(F)F)cc1Cl)N1CCC2CCC(C1)N2. The Kier molecular flexibility index (Phi) is 5.38. The molecule has 2 fully saturated rings. The van der Waals surface area contributed by atoms with E-state index in [-0.39, 0.29) is 29.7 Å². The van der Waals surface area contributed by atoms with Gasteiger partial charge in [0.05, 0.1) is 10.6 Å². The number of carbonyl (C=O) groups is 1. The van der Waals surface area contributed by atoms with Crippen LogP contribution in [0, 0.1) is 0 Å². The first-order valence-electron chi connectivity index (χ1n) is 8.33. The summed E-state index contributed by atoms with van der Waals surface area (Å²) in [6.45, 7) is 1.73. The largest absolute Gasteiger partial charge is 0.417 e. The second kappa shape index (κ2) is 7.37. The molecule has 2 aliphatic heterocycles. The van der Waals surface area contributed by atoms with E-state index in [2.05, 4.69) is 15.6 Å². The molecule has 0 spiro atoms. The highest BCUT2D eigenvalue weighted by atomic mass is 35.5. The van der Waals surface area contributed by atoms with Crippen molar-refractivity contribution in [1.29, 1.82) is 0 Å². The Morgan fingerprint density at radius 3 is 2.84 bits per heavy atom. The molecule has 2 atom stereocenters. The molecular weight excluding hydrogens is 357 g/mol. The molecule has 1 amide bonds. The van der Waals surface area contributed by atoms with Crippen LogP contribution in [0.4, 0.5) is 19.0 Å². The summed E-state index contributed by atoms with van der Waals surface area (Å²) in [6, 6.07) is 1.71. The fraction of sp³-hybridized carbons (Fsp3) is 0.625. The van der Waals surface area contributed by atoms with Crippen molar-refractivity contribution in [2.75, 3.05) is 25.0 Å². The maximum atomic E-state index is 12.6. The quantitative estimate of drug-likeness (QED) is 0.848. The molecule has 0 aromatic carbocycles. The minimum Gasteiger partial charge on any atom is -0.368 e. The summed E-state index contributed by atoms with van der Waals surface area (Å²) in [5.74, 6) is 0.184. The standard InChI is InChI=1S/C16H20ClF3N4O/c17-13-7-10(16(18,19)20)8-22-15(13)21-5-3-14(25)24-6-4-11-1-2-12(9-24)23-11/h7-8,11-12,23H,1-6,9H2,(H,21,22). The topological polar surface area (TPSA) is 57.3 Å². The molecule has 0 radical (unpaired) electrons. The lowest BCUT2D eigenvalue weighted by molar-refractivity contribution is -0.137. The summed E-state index contributed by atoms with van der Waals surface area (Å²) in [7, 11) is 0. The van der Waals surface area contributed by atoms with Crippen LogP contribution in [0.1, 0.15) is 31.2 Å². The number of nitrogens with zero attached hydrogens (tertiary/aromatic N) is 2. The van der Waals surface area contributed by atoms with Gasteiger partial charge in [-0.25, -0.2) is 4.98 Å². The van der Waals surface area contributed by atoms with E-state index in [0.29, 0.717) is 18.6 Å². The van der Waals surface area contributed by atoms with Gasteiger partial charge in [-0.2, -0.15) is 13.2 Å². The molecular formula is C16H20ClF3N4O. The van der Waals surface area contributed by atoms with Crippen LogP contribution in [0.5, 0.6) is 0 Å². The van der Waals surface area contributed by atoms with Crippen LogP contribution >= 0.6 is 11.6 Å². The van der Waals surface area contributed by atoms with Crippen molar-refractivity contribution in [3.8, 4) is 0 Å². The third kappa shape index (κ3) is 4.55. The van der Waals surface area contributed by atoms with E-state index in [1.807, 2.05) is 4.90 Å². The Balaban J connectivity index is 1.50. The van der Waals surface area contributed by atoms with Crippen LogP contribution in [-0.4, -0.2) is 47.5 Å². The van der Waals surface area contributed by atoms with Gasteiger partial charge in [0.15, 0.2) is 0 Å². The van der Waals surface area contributed by atoms with E-state index < -0.39 is 11.7 Å². The van der Waals surface area contributed by atoms with Crippen LogP contribution in [0.25, 0.3) is 0 Å². The van der Waals surface area contributed by atoms with Crippen LogP contribution in [0.3, 0.4) is 0 Å². The number of hydrogen-bond donors (Lipinski definition) is 2.